The number of likely N-dealkylation sites (tertiary alicyclic amines) is 1. The molecule has 0 aromatic heterocycles. The molecule has 0 radical (unpaired) electrons. The van der Waals surface area contributed by atoms with Crippen LogP contribution in [0, 0.1) is 0 Å². The van der Waals surface area contributed by atoms with Crippen molar-refractivity contribution in [3.63, 3.8) is 0 Å². The summed E-state index contributed by atoms with van der Waals surface area (Å²) in [5.74, 6) is -0.503. The molecule has 3 rings (SSSR count). The molecule has 1 amide bonds. The first-order valence-corrected chi connectivity index (χ1v) is 9.56. The Balaban J connectivity index is 1.50. The van der Waals surface area contributed by atoms with Gasteiger partial charge in [-0.3, -0.25) is 19.3 Å². The van der Waals surface area contributed by atoms with Gasteiger partial charge in [-0.25, -0.2) is 8.42 Å². The van der Waals surface area contributed by atoms with E-state index in [0.29, 0.717) is 18.7 Å². The molecule has 9 heteroatoms. The van der Waals surface area contributed by atoms with Crippen LogP contribution >= 0.6 is 0 Å². The van der Waals surface area contributed by atoms with Gasteiger partial charge >= 0.3 is 5.97 Å². The van der Waals surface area contributed by atoms with Gasteiger partial charge in [-0.05, 0) is 25.0 Å². The van der Waals surface area contributed by atoms with E-state index in [0.717, 1.165) is 12.8 Å². The maximum atomic E-state index is 11.9. The molecule has 1 N–H and O–H groups in total. The molecule has 2 aliphatic rings. The van der Waals surface area contributed by atoms with Crippen molar-refractivity contribution < 1.29 is 22.7 Å². The Labute approximate surface area is 145 Å². The standard InChI is InChI=1S/C16H19N3O5S/c20-14(19-9-3-4-10-19)11-24-15(21)7-8-17-16-12-5-1-2-6-13(12)25(22,23)18-16/h1-2,5-6H,3-4,7-11H2,(H,17,18). The van der Waals surface area contributed by atoms with Gasteiger partial charge in [0.15, 0.2) is 6.61 Å². The highest BCUT2D eigenvalue weighted by Crippen LogP contribution is 2.22. The number of ether oxygens (including phenoxy) is 1. The zero-order valence-corrected chi connectivity index (χ0v) is 14.4. The second-order valence-electron chi connectivity index (χ2n) is 5.83. The molecular formula is C16H19N3O5S. The Morgan fingerprint density at radius 1 is 1.20 bits per heavy atom. The van der Waals surface area contributed by atoms with Crippen LogP contribution < -0.4 is 4.72 Å². The van der Waals surface area contributed by atoms with E-state index in [9.17, 15) is 18.0 Å². The summed E-state index contributed by atoms with van der Waals surface area (Å²) >= 11 is 0. The molecule has 2 heterocycles. The third kappa shape index (κ3) is 3.98. The number of nitrogens with one attached hydrogen (secondary N) is 1. The molecule has 0 spiro atoms. The third-order valence-electron chi connectivity index (χ3n) is 4.06. The Morgan fingerprint density at radius 2 is 1.92 bits per heavy atom. The molecule has 0 bridgehead atoms. The molecule has 1 saturated heterocycles. The first kappa shape index (κ1) is 17.4. The minimum atomic E-state index is -3.58. The Morgan fingerprint density at radius 3 is 2.68 bits per heavy atom. The third-order valence-corrected chi connectivity index (χ3v) is 5.46. The molecule has 134 valence electrons. The number of carbonyl (C=O) groups is 2. The highest BCUT2D eigenvalue weighted by molar-refractivity contribution is 7.90. The van der Waals surface area contributed by atoms with Crippen molar-refractivity contribution in [2.75, 3.05) is 26.2 Å². The van der Waals surface area contributed by atoms with Crippen molar-refractivity contribution >= 4 is 27.7 Å². The van der Waals surface area contributed by atoms with Gasteiger partial charge in [-0.1, -0.05) is 12.1 Å². The summed E-state index contributed by atoms with van der Waals surface area (Å²) in [5, 5.41) is 0. The van der Waals surface area contributed by atoms with Crippen molar-refractivity contribution in [1.29, 1.82) is 0 Å². The van der Waals surface area contributed by atoms with E-state index in [-0.39, 0.29) is 36.2 Å². The van der Waals surface area contributed by atoms with E-state index in [1.165, 1.54) is 6.07 Å². The van der Waals surface area contributed by atoms with E-state index in [4.69, 9.17) is 4.74 Å². The van der Waals surface area contributed by atoms with Crippen molar-refractivity contribution in [2.24, 2.45) is 4.99 Å². The van der Waals surface area contributed by atoms with Crippen LogP contribution in [0.2, 0.25) is 0 Å². The van der Waals surface area contributed by atoms with Gasteiger partial charge in [0, 0.05) is 18.7 Å². The summed E-state index contributed by atoms with van der Waals surface area (Å²) in [7, 11) is -3.58. The number of aliphatic imine (C=N–C) groups is 1. The fraction of sp³-hybridized carbons (Fsp3) is 0.438. The van der Waals surface area contributed by atoms with Gasteiger partial charge in [0.1, 0.15) is 5.84 Å². The molecule has 0 aliphatic carbocycles. The predicted octanol–water partition coefficient (Wildman–Crippen LogP) is 0.281. The van der Waals surface area contributed by atoms with E-state index in [1.54, 1.807) is 23.1 Å². The van der Waals surface area contributed by atoms with Gasteiger partial charge in [0.2, 0.25) is 0 Å². The van der Waals surface area contributed by atoms with Crippen molar-refractivity contribution in [1.82, 2.24) is 9.62 Å². The second-order valence-corrected chi connectivity index (χ2v) is 7.48. The van der Waals surface area contributed by atoms with E-state index >= 15 is 0 Å². The van der Waals surface area contributed by atoms with Crippen LogP contribution in [0.1, 0.15) is 24.8 Å². The smallest absolute Gasteiger partial charge is 0.308 e. The Bertz CT molecular complexity index is 813. The van der Waals surface area contributed by atoms with Crippen LogP contribution in [0.15, 0.2) is 34.2 Å². The van der Waals surface area contributed by atoms with E-state index in [2.05, 4.69) is 9.71 Å². The SMILES string of the molecule is O=C(CCN=C1NS(=O)(=O)c2ccccc21)OCC(=O)N1CCCC1. The lowest BCUT2D eigenvalue weighted by atomic mass is 10.2. The van der Waals surface area contributed by atoms with Gasteiger partial charge < -0.3 is 9.64 Å². The number of hydrogen-bond donors (Lipinski definition) is 1. The van der Waals surface area contributed by atoms with Gasteiger partial charge in [0.05, 0.1) is 17.9 Å². The van der Waals surface area contributed by atoms with Crippen LogP contribution in [0.25, 0.3) is 0 Å². The number of carbonyl (C=O) groups excluding carboxylic acids is 2. The summed E-state index contributed by atoms with van der Waals surface area (Å²) < 4.78 is 31.2. The molecule has 25 heavy (non-hydrogen) atoms. The number of rotatable bonds is 5. The number of amidine groups is 1. The fourth-order valence-electron chi connectivity index (χ4n) is 2.78. The minimum absolute atomic E-state index is 0.0271. The fourth-order valence-corrected chi connectivity index (χ4v) is 4.03. The number of benzene rings is 1. The monoisotopic (exact) mass is 365 g/mol. The lowest BCUT2D eigenvalue weighted by Crippen LogP contribution is -2.32. The number of nitrogens with zero attached hydrogens (tertiary/aromatic N) is 2. The van der Waals surface area contributed by atoms with Crippen molar-refractivity contribution in [2.45, 2.75) is 24.2 Å². The van der Waals surface area contributed by atoms with Gasteiger partial charge in [-0.2, -0.15) is 0 Å². The van der Waals surface area contributed by atoms with Crippen LogP contribution in [0.3, 0.4) is 0 Å². The molecule has 1 aromatic rings. The molecule has 0 atom stereocenters. The Kier molecular flexibility index (Phi) is 5.03. The first-order valence-electron chi connectivity index (χ1n) is 8.07. The van der Waals surface area contributed by atoms with Gasteiger partial charge in [-0.15, -0.1) is 0 Å². The maximum absolute atomic E-state index is 11.9. The van der Waals surface area contributed by atoms with Crippen molar-refractivity contribution in [3.8, 4) is 0 Å². The lowest BCUT2D eigenvalue weighted by molar-refractivity contribution is -0.151. The summed E-state index contributed by atoms with van der Waals surface area (Å²) in [5.41, 5.74) is 0.486. The van der Waals surface area contributed by atoms with Gasteiger partial charge in [0.25, 0.3) is 15.9 Å². The van der Waals surface area contributed by atoms with E-state index < -0.39 is 16.0 Å². The van der Waals surface area contributed by atoms with Crippen LogP contribution in [-0.4, -0.2) is 57.3 Å². The number of sulfonamides is 1. The molecule has 1 fully saturated rings. The second kappa shape index (κ2) is 7.22. The summed E-state index contributed by atoms with van der Waals surface area (Å²) in [6, 6.07) is 6.50. The molecular weight excluding hydrogens is 346 g/mol. The lowest BCUT2D eigenvalue weighted by Gasteiger charge is -2.14. The normalized spacial score (nSPS) is 19.5. The molecule has 0 unspecified atom stereocenters. The topological polar surface area (TPSA) is 105 Å². The largest absolute Gasteiger partial charge is 0.456 e. The molecule has 2 aliphatic heterocycles. The summed E-state index contributed by atoms with van der Waals surface area (Å²) in [6.07, 6.45) is 1.93. The minimum Gasteiger partial charge on any atom is -0.456 e. The quantitative estimate of drug-likeness (QED) is 0.755. The van der Waals surface area contributed by atoms with Crippen LogP contribution in [0.5, 0.6) is 0 Å². The first-order chi connectivity index (χ1) is 12.0. The predicted molar refractivity (Wildman–Crippen MR) is 89.6 cm³/mol. The van der Waals surface area contributed by atoms with Crippen LogP contribution in [-0.2, 0) is 24.3 Å². The maximum Gasteiger partial charge on any atom is 0.308 e. The summed E-state index contributed by atoms with van der Waals surface area (Å²) in [4.78, 5) is 29.5. The average Bonchev–Trinajstić information content (AvgIpc) is 3.21. The number of esters is 1. The summed E-state index contributed by atoms with van der Waals surface area (Å²) in [6.45, 7) is 1.24. The average molecular weight is 365 g/mol. The molecule has 1 aromatic carbocycles. The number of fused-ring (bicyclic) bond motifs is 1. The van der Waals surface area contributed by atoms with Crippen molar-refractivity contribution in [3.05, 3.63) is 29.8 Å². The highest BCUT2D eigenvalue weighted by atomic mass is 32.2. The highest BCUT2D eigenvalue weighted by Gasteiger charge is 2.30. The van der Waals surface area contributed by atoms with E-state index in [1.807, 2.05) is 0 Å². The number of hydrogen-bond acceptors (Lipinski definition) is 6. The zero-order valence-electron chi connectivity index (χ0n) is 13.6. The molecule has 0 saturated carbocycles. The van der Waals surface area contributed by atoms with Crippen LogP contribution in [0.4, 0.5) is 0 Å². The Hall–Kier alpha value is -2.42. The zero-order chi connectivity index (χ0) is 17.9. The number of amides is 1. The molecule has 8 nitrogen and oxygen atoms in total.